The van der Waals surface area contributed by atoms with Crippen LogP contribution in [0.1, 0.15) is 55.0 Å². The van der Waals surface area contributed by atoms with Gasteiger partial charge in [0.25, 0.3) is 5.56 Å². The fourth-order valence-corrected chi connectivity index (χ4v) is 2.74. The molecule has 0 radical (unpaired) electrons. The number of allylic oxidation sites excluding steroid dienone is 4. The van der Waals surface area contributed by atoms with Gasteiger partial charge >= 0.3 is 0 Å². The number of hydrogen-bond donors (Lipinski definition) is 1. The Kier molecular flexibility index (Phi) is 7.08. The van der Waals surface area contributed by atoms with Gasteiger partial charge in [0, 0.05) is 31.8 Å². The maximum absolute atomic E-state index is 12.1. The second-order valence-corrected chi connectivity index (χ2v) is 5.41. The highest BCUT2D eigenvalue weighted by atomic mass is 16.1. The minimum absolute atomic E-state index is 0. The number of aromatic nitrogens is 2. The van der Waals surface area contributed by atoms with Gasteiger partial charge in [-0.3, -0.25) is 4.79 Å². The molecule has 128 valence electrons. The third-order valence-corrected chi connectivity index (χ3v) is 3.86. The highest BCUT2D eigenvalue weighted by Crippen LogP contribution is 2.33. The highest BCUT2D eigenvalue weighted by molar-refractivity contribution is 5.95. The lowest BCUT2D eigenvalue weighted by Gasteiger charge is -2.18. The van der Waals surface area contributed by atoms with Gasteiger partial charge in [-0.15, -0.1) is 0 Å². The molecule has 1 aliphatic carbocycles. The van der Waals surface area contributed by atoms with Gasteiger partial charge in [0.05, 0.1) is 0 Å². The van der Waals surface area contributed by atoms with Gasteiger partial charge in [0.2, 0.25) is 0 Å². The van der Waals surface area contributed by atoms with Gasteiger partial charge in [0.1, 0.15) is 5.52 Å². The van der Waals surface area contributed by atoms with Gasteiger partial charge in [-0.1, -0.05) is 46.8 Å². The molecule has 0 saturated heterocycles. The Morgan fingerprint density at radius 1 is 1.26 bits per heavy atom. The van der Waals surface area contributed by atoms with Crippen LogP contribution in [-0.2, 0) is 7.05 Å². The molecule has 0 spiro atoms. The first-order chi connectivity index (χ1) is 11.1. The van der Waals surface area contributed by atoms with Crippen molar-refractivity contribution in [1.29, 1.82) is 0 Å². The summed E-state index contributed by atoms with van der Waals surface area (Å²) >= 11 is 0. The van der Waals surface area contributed by atoms with E-state index in [9.17, 15) is 4.79 Å². The van der Waals surface area contributed by atoms with E-state index in [1.54, 1.807) is 11.6 Å². The third kappa shape index (κ3) is 3.84. The number of aryl methyl sites for hydroxylation is 1. The van der Waals surface area contributed by atoms with Crippen LogP contribution in [0.5, 0.6) is 0 Å². The van der Waals surface area contributed by atoms with Crippen LogP contribution in [0.2, 0.25) is 0 Å². The number of nitrogens with one attached hydrogen (secondary N) is 1. The predicted molar refractivity (Wildman–Crippen MR) is 104 cm³/mol. The van der Waals surface area contributed by atoms with Crippen molar-refractivity contribution in [3.8, 4) is 0 Å². The molecule has 1 atom stereocenters. The lowest BCUT2D eigenvalue weighted by atomic mass is 9.88. The summed E-state index contributed by atoms with van der Waals surface area (Å²) in [6, 6.07) is 1.99. The van der Waals surface area contributed by atoms with E-state index in [0.717, 1.165) is 17.4 Å². The summed E-state index contributed by atoms with van der Waals surface area (Å²) in [6.45, 7) is 12.4. The third-order valence-electron chi connectivity index (χ3n) is 3.86. The normalized spacial score (nSPS) is 16.6. The van der Waals surface area contributed by atoms with Crippen molar-refractivity contribution < 1.29 is 1.43 Å². The fraction of sp³-hybridized carbons (Fsp3) is 0.450. The Morgan fingerprint density at radius 3 is 2.57 bits per heavy atom. The molecule has 3 nitrogen and oxygen atoms in total. The standard InChI is InChI=1S/C16H18N2O.2C2H6.H2/c1-10-4-5-11(2)13(8-10)14-9-18(3)16(19)15-12(14)6-7-17-15;2*1-2;/h5-10,17H,4H2,1-3H3;2*1-2H3;1H. The number of hydrogen-bond acceptors (Lipinski definition) is 1. The quantitative estimate of drug-likeness (QED) is 0.737. The maximum atomic E-state index is 12.1. The van der Waals surface area contributed by atoms with Crippen molar-refractivity contribution in [2.75, 3.05) is 0 Å². The van der Waals surface area contributed by atoms with Crippen LogP contribution in [0.15, 0.2) is 41.0 Å². The van der Waals surface area contributed by atoms with Gasteiger partial charge < -0.3 is 9.55 Å². The summed E-state index contributed by atoms with van der Waals surface area (Å²) in [5.41, 5.74) is 4.39. The molecule has 1 unspecified atom stereocenters. The Balaban J connectivity index is 0.000000987. The molecule has 0 amide bonds. The lowest BCUT2D eigenvalue weighted by molar-refractivity contribution is 0.734. The Morgan fingerprint density at radius 2 is 1.91 bits per heavy atom. The number of pyridine rings is 1. The molecule has 23 heavy (non-hydrogen) atoms. The summed E-state index contributed by atoms with van der Waals surface area (Å²) in [7, 11) is 1.80. The monoisotopic (exact) mass is 316 g/mol. The minimum atomic E-state index is 0. The van der Waals surface area contributed by atoms with Gasteiger partial charge in [0.15, 0.2) is 0 Å². The Labute approximate surface area is 141 Å². The average Bonchev–Trinajstić information content (AvgIpc) is 3.07. The summed E-state index contributed by atoms with van der Waals surface area (Å²) in [5.74, 6) is 0.546. The molecule has 0 saturated carbocycles. The minimum Gasteiger partial charge on any atom is -0.357 e. The first kappa shape index (κ1) is 19.0. The van der Waals surface area contributed by atoms with Crippen molar-refractivity contribution in [2.45, 2.75) is 48.0 Å². The molecule has 2 aromatic rings. The molecular weight excluding hydrogens is 284 g/mol. The number of aromatic amines is 1. The molecule has 2 heterocycles. The van der Waals surface area contributed by atoms with Crippen LogP contribution in [-0.4, -0.2) is 9.55 Å². The van der Waals surface area contributed by atoms with Crippen LogP contribution in [0, 0.1) is 5.92 Å². The molecular formula is C20H32N2O. The molecule has 0 bridgehead atoms. The van der Waals surface area contributed by atoms with Crippen LogP contribution in [0.25, 0.3) is 16.5 Å². The molecule has 0 aromatic carbocycles. The zero-order chi connectivity index (χ0) is 17.6. The van der Waals surface area contributed by atoms with Gasteiger partial charge in [-0.25, -0.2) is 0 Å². The molecule has 1 aliphatic rings. The Bertz CT molecular complexity index is 766. The number of rotatable bonds is 1. The first-order valence-corrected chi connectivity index (χ1v) is 8.64. The first-order valence-electron chi connectivity index (χ1n) is 8.64. The second-order valence-electron chi connectivity index (χ2n) is 5.41. The molecule has 1 N–H and O–H groups in total. The van der Waals surface area contributed by atoms with Crippen molar-refractivity contribution in [2.24, 2.45) is 13.0 Å². The van der Waals surface area contributed by atoms with Crippen LogP contribution in [0.4, 0.5) is 0 Å². The van der Waals surface area contributed by atoms with E-state index in [1.165, 1.54) is 11.1 Å². The van der Waals surface area contributed by atoms with Crippen molar-refractivity contribution in [1.82, 2.24) is 9.55 Å². The van der Waals surface area contributed by atoms with E-state index >= 15 is 0 Å². The van der Waals surface area contributed by atoms with Gasteiger partial charge in [-0.05, 0) is 36.5 Å². The van der Waals surface area contributed by atoms with Crippen molar-refractivity contribution in [3.05, 3.63) is 52.1 Å². The number of H-pyrrole nitrogens is 1. The zero-order valence-corrected chi connectivity index (χ0v) is 15.5. The molecule has 0 aliphatic heterocycles. The number of fused-ring (bicyclic) bond motifs is 1. The Hall–Kier alpha value is -2.03. The van der Waals surface area contributed by atoms with E-state index in [2.05, 4.69) is 31.0 Å². The van der Waals surface area contributed by atoms with Crippen LogP contribution >= 0.6 is 0 Å². The van der Waals surface area contributed by atoms with E-state index < -0.39 is 0 Å². The predicted octanol–water partition coefficient (Wildman–Crippen LogP) is 5.53. The summed E-state index contributed by atoms with van der Waals surface area (Å²) in [5, 5.41) is 1.01. The smallest absolute Gasteiger partial charge is 0.274 e. The number of nitrogens with zero attached hydrogens (tertiary/aromatic N) is 1. The largest absolute Gasteiger partial charge is 0.357 e. The SMILES string of the molecule is CC.CC.CC1=CCC(C)C=C1c1cn(C)c(=O)c2[nH]ccc12.[HH]. The fourth-order valence-electron chi connectivity index (χ4n) is 2.74. The van der Waals surface area contributed by atoms with E-state index in [0.29, 0.717) is 11.4 Å². The molecule has 3 rings (SSSR count). The van der Waals surface area contributed by atoms with E-state index in [-0.39, 0.29) is 6.99 Å². The van der Waals surface area contributed by atoms with Crippen molar-refractivity contribution >= 4 is 16.5 Å². The van der Waals surface area contributed by atoms with E-state index in [4.69, 9.17) is 0 Å². The molecule has 3 heteroatoms. The summed E-state index contributed by atoms with van der Waals surface area (Å²) < 4.78 is 1.65. The molecule has 2 aromatic heterocycles. The second kappa shape index (κ2) is 8.56. The van der Waals surface area contributed by atoms with Gasteiger partial charge in [-0.2, -0.15) is 0 Å². The summed E-state index contributed by atoms with van der Waals surface area (Å²) in [6.07, 6.45) is 9.46. The average molecular weight is 316 g/mol. The van der Waals surface area contributed by atoms with E-state index in [1.807, 2.05) is 46.2 Å². The topological polar surface area (TPSA) is 37.8 Å². The van der Waals surface area contributed by atoms with Crippen LogP contribution in [0.3, 0.4) is 0 Å². The highest BCUT2D eigenvalue weighted by Gasteiger charge is 2.16. The van der Waals surface area contributed by atoms with Crippen LogP contribution < -0.4 is 5.56 Å². The lowest BCUT2D eigenvalue weighted by Crippen LogP contribution is -2.17. The summed E-state index contributed by atoms with van der Waals surface area (Å²) in [4.78, 5) is 15.1. The zero-order valence-electron chi connectivity index (χ0n) is 15.5. The van der Waals surface area contributed by atoms with Crippen molar-refractivity contribution in [3.63, 3.8) is 0 Å². The maximum Gasteiger partial charge on any atom is 0.274 e. The molecule has 0 fully saturated rings.